The molecule has 1 aromatic heterocycles. The molecule has 172 valence electrons. The minimum absolute atomic E-state index is 0.155. The molecule has 1 N–H and O–H groups in total. The number of hydrogen-bond acceptors (Lipinski definition) is 5. The van der Waals surface area contributed by atoms with Gasteiger partial charge in [0.25, 0.3) is 5.56 Å². The molecule has 0 fully saturated rings. The molecule has 0 radical (unpaired) electrons. The van der Waals surface area contributed by atoms with Gasteiger partial charge in [0.15, 0.2) is 5.78 Å². The van der Waals surface area contributed by atoms with Gasteiger partial charge in [-0.2, -0.15) is 0 Å². The average molecular weight is 498 g/mol. The first-order valence-corrected chi connectivity index (χ1v) is 12.5. The summed E-state index contributed by atoms with van der Waals surface area (Å²) in [6, 6.07) is 14.1. The van der Waals surface area contributed by atoms with Gasteiger partial charge >= 0.3 is 7.60 Å². The van der Waals surface area contributed by atoms with Crippen LogP contribution in [0.2, 0.25) is 10.0 Å². The van der Waals surface area contributed by atoms with Crippen LogP contribution in [0.4, 0.5) is 5.69 Å². The number of hydrogen-bond donors (Lipinski definition) is 1. The standard InChI is InChI=1S/C22H26Cl2N3O4P/c1-5-30-32(29,31-6-2)21(18-13-12-16(23)14-19(18)24)25-20-15(3)26(4)27(22(20)28)17-10-8-7-9-11-17/h7-14,21,25H,5-6H2,1-4H3/t21-/m0/s1. The maximum Gasteiger partial charge on any atom is 0.357 e. The van der Waals surface area contributed by atoms with Gasteiger partial charge in [-0.05, 0) is 45.0 Å². The third kappa shape index (κ3) is 4.82. The second-order valence-electron chi connectivity index (χ2n) is 7.02. The van der Waals surface area contributed by atoms with E-state index in [4.69, 9.17) is 32.2 Å². The molecule has 0 aliphatic heterocycles. The van der Waals surface area contributed by atoms with Crippen molar-refractivity contribution in [2.24, 2.45) is 7.05 Å². The molecule has 0 aliphatic carbocycles. The number of nitrogens with zero attached hydrogens (tertiary/aromatic N) is 2. The Kier molecular flexibility index (Phi) is 7.91. The van der Waals surface area contributed by atoms with Crippen LogP contribution in [0.3, 0.4) is 0 Å². The van der Waals surface area contributed by atoms with E-state index in [1.165, 1.54) is 4.68 Å². The molecule has 7 nitrogen and oxygen atoms in total. The predicted molar refractivity (Wildman–Crippen MR) is 129 cm³/mol. The summed E-state index contributed by atoms with van der Waals surface area (Å²) in [6.07, 6.45) is 0. The van der Waals surface area contributed by atoms with Crippen LogP contribution in [-0.2, 0) is 20.7 Å². The van der Waals surface area contributed by atoms with Crippen molar-refractivity contribution < 1.29 is 13.6 Å². The van der Waals surface area contributed by atoms with Crippen LogP contribution in [0.1, 0.15) is 30.9 Å². The summed E-state index contributed by atoms with van der Waals surface area (Å²) in [5.74, 6) is -1.02. The predicted octanol–water partition coefficient (Wildman–Crippen LogP) is 6.17. The van der Waals surface area contributed by atoms with Crippen LogP contribution in [-0.4, -0.2) is 22.6 Å². The van der Waals surface area contributed by atoms with Crippen LogP contribution in [0, 0.1) is 6.92 Å². The Morgan fingerprint density at radius 2 is 1.69 bits per heavy atom. The molecule has 0 saturated heterocycles. The zero-order valence-electron chi connectivity index (χ0n) is 18.3. The van der Waals surface area contributed by atoms with Crippen LogP contribution >= 0.6 is 30.8 Å². The van der Waals surface area contributed by atoms with E-state index in [0.717, 1.165) is 0 Å². The van der Waals surface area contributed by atoms with E-state index in [1.54, 1.807) is 50.7 Å². The van der Waals surface area contributed by atoms with Crippen molar-refractivity contribution >= 4 is 36.5 Å². The first-order chi connectivity index (χ1) is 15.2. The summed E-state index contributed by atoms with van der Waals surface area (Å²) in [5, 5.41) is 3.86. The zero-order chi connectivity index (χ0) is 23.5. The molecule has 0 aliphatic rings. The van der Waals surface area contributed by atoms with Crippen LogP contribution in [0.15, 0.2) is 53.3 Å². The Morgan fingerprint density at radius 1 is 1.06 bits per heavy atom. The van der Waals surface area contributed by atoms with Crippen molar-refractivity contribution in [2.45, 2.75) is 26.6 Å². The quantitative estimate of drug-likeness (QED) is 0.358. The van der Waals surface area contributed by atoms with Gasteiger partial charge in [-0.25, -0.2) is 4.68 Å². The summed E-state index contributed by atoms with van der Waals surface area (Å²) in [5.41, 5.74) is 1.77. The largest absolute Gasteiger partial charge is 0.362 e. The van der Waals surface area contributed by atoms with Gasteiger partial charge in [0, 0.05) is 22.7 Å². The van der Waals surface area contributed by atoms with Gasteiger partial charge in [-0.3, -0.25) is 14.0 Å². The lowest BCUT2D eigenvalue weighted by atomic mass is 10.2. The maximum absolute atomic E-state index is 13.8. The van der Waals surface area contributed by atoms with Crippen LogP contribution in [0.5, 0.6) is 0 Å². The van der Waals surface area contributed by atoms with Crippen molar-refractivity contribution in [3.05, 3.63) is 80.2 Å². The molecule has 32 heavy (non-hydrogen) atoms. The van der Waals surface area contributed by atoms with Gasteiger partial charge in [0.05, 0.1) is 24.6 Å². The highest BCUT2D eigenvalue weighted by atomic mass is 35.5. The van der Waals surface area contributed by atoms with E-state index in [2.05, 4.69) is 5.32 Å². The number of benzene rings is 2. The fraction of sp³-hybridized carbons (Fsp3) is 0.318. The highest BCUT2D eigenvalue weighted by molar-refractivity contribution is 7.54. The minimum Gasteiger partial charge on any atom is -0.362 e. The highest BCUT2D eigenvalue weighted by Gasteiger charge is 2.39. The molecule has 3 aromatic rings. The van der Waals surface area contributed by atoms with Crippen molar-refractivity contribution in [3.63, 3.8) is 0 Å². The summed E-state index contributed by atoms with van der Waals surface area (Å²) in [6.45, 7) is 5.56. The van der Waals surface area contributed by atoms with Crippen molar-refractivity contribution in [2.75, 3.05) is 18.5 Å². The lowest BCUT2D eigenvalue weighted by Gasteiger charge is -2.28. The number of para-hydroxylation sites is 1. The second-order valence-corrected chi connectivity index (χ2v) is 9.98. The Labute approximate surface area is 197 Å². The molecule has 3 rings (SSSR count). The molecule has 0 bridgehead atoms. The van der Waals surface area contributed by atoms with Gasteiger partial charge < -0.3 is 14.4 Å². The van der Waals surface area contributed by atoms with Gasteiger partial charge in [0.2, 0.25) is 0 Å². The molecule has 2 aromatic carbocycles. The molecular weight excluding hydrogens is 472 g/mol. The van der Waals surface area contributed by atoms with E-state index in [0.29, 0.717) is 22.0 Å². The highest BCUT2D eigenvalue weighted by Crippen LogP contribution is 2.61. The Bertz CT molecular complexity index is 1180. The van der Waals surface area contributed by atoms with E-state index in [9.17, 15) is 9.36 Å². The monoisotopic (exact) mass is 497 g/mol. The third-order valence-corrected chi connectivity index (χ3v) is 7.86. The zero-order valence-corrected chi connectivity index (χ0v) is 20.7. The second kappa shape index (κ2) is 10.3. The van der Waals surface area contributed by atoms with Gasteiger partial charge in [-0.1, -0.05) is 47.5 Å². The molecule has 0 amide bonds. The summed E-state index contributed by atoms with van der Waals surface area (Å²) < 4.78 is 28.3. The number of anilines is 1. The summed E-state index contributed by atoms with van der Waals surface area (Å²) in [7, 11) is -1.99. The normalized spacial score (nSPS) is 12.7. The lowest BCUT2D eigenvalue weighted by molar-refractivity contribution is 0.214. The van der Waals surface area contributed by atoms with E-state index in [1.807, 2.05) is 30.3 Å². The number of halogens is 2. The Balaban J connectivity index is 2.18. The summed E-state index contributed by atoms with van der Waals surface area (Å²) in [4.78, 5) is 13.4. The van der Waals surface area contributed by atoms with Crippen LogP contribution < -0.4 is 10.9 Å². The van der Waals surface area contributed by atoms with Crippen molar-refractivity contribution in [3.8, 4) is 5.69 Å². The molecule has 0 saturated carbocycles. The fourth-order valence-corrected chi connectivity index (χ4v) is 6.01. The van der Waals surface area contributed by atoms with Crippen molar-refractivity contribution in [1.82, 2.24) is 9.36 Å². The first kappa shape index (κ1) is 24.6. The van der Waals surface area contributed by atoms with Crippen molar-refractivity contribution in [1.29, 1.82) is 0 Å². The molecule has 0 unspecified atom stereocenters. The molecular formula is C22H26Cl2N3O4P. The first-order valence-electron chi connectivity index (χ1n) is 10.2. The Hall–Kier alpha value is -2.02. The molecule has 1 heterocycles. The third-order valence-electron chi connectivity index (χ3n) is 5.03. The average Bonchev–Trinajstić information content (AvgIpc) is 2.96. The van der Waals surface area contributed by atoms with Crippen LogP contribution in [0.25, 0.3) is 5.69 Å². The van der Waals surface area contributed by atoms with E-state index in [-0.39, 0.29) is 29.5 Å². The van der Waals surface area contributed by atoms with E-state index < -0.39 is 13.4 Å². The molecule has 0 spiro atoms. The smallest absolute Gasteiger partial charge is 0.357 e. The number of nitrogens with one attached hydrogen (secondary N) is 1. The number of rotatable bonds is 9. The van der Waals surface area contributed by atoms with E-state index >= 15 is 0 Å². The molecule has 10 heteroatoms. The number of aromatic nitrogens is 2. The lowest BCUT2D eigenvalue weighted by Crippen LogP contribution is -2.23. The maximum atomic E-state index is 13.8. The fourth-order valence-electron chi connectivity index (χ4n) is 3.47. The topological polar surface area (TPSA) is 74.5 Å². The minimum atomic E-state index is -3.77. The van der Waals surface area contributed by atoms with Gasteiger partial charge in [0.1, 0.15) is 5.69 Å². The molecule has 1 atom stereocenters. The van der Waals surface area contributed by atoms with Gasteiger partial charge in [-0.15, -0.1) is 0 Å². The summed E-state index contributed by atoms with van der Waals surface area (Å²) >= 11 is 12.5. The SMILES string of the molecule is CCOP(=O)(OCC)[C@H](Nc1c(C)n(C)n(-c2ccccc2)c1=O)c1ccc(Cl)cc1Cl. The Morgan fingerprint density at radius 3 is 2.25 bits per heavy atom.